The van der Waals surface area contributed by atoms with E-state index in [4.69, 9.17) is 9.47 Å². The minimum absolute atomic E-state index is 0.461. The minimum Gasteiger partial charge on any atom is -0.423 e. The average Bonchev–Trinajstić information content (AvgIpc) is 2.59. The molecule has 3 aromatic carbocycles. The lowest BCUT2D eigenvalue weighted by Crippen LogP contribution is -2.03. The standard InChI is InChI=1S/C20H14O4/c1-3-19(21)23-17-7-5-13-10-16-12-18(24-20(22)4-2)8-6-14(16)9-15(13)11-17/h3-12H,1-2H2. The van der Waals surface area contributed by atoms with Crippen LogP contribution in [0.1, 0.15) is 0 Å². The lowest BCUT2D eigenvalue weighted by atomic mass is 10.0. The summed E-state index contributed by atoms with van der Waals surface area (Å²) in [4.78, 5) is 22.6. The monoisotopic (exact) mass is 318 g/mol. The van der Waals surface area contributed by atoms with E-state index in [2.05, 4.69) is 13.2 Å². The van der Waals surface area contributed by atoms with Crippen LogP contribution in [0.5, 0.6) is 11.5 Å². The van der Waals surface area contributed by atoms with Crippen molar-refractivity contribution >= 4 is 33.5 Å². The van der Waals surface area contributed by atoms with Crippen LogP contribution >= 0.6 is 0 Å². The van der Waals surface area contributed by atoms with E-state index < -0.39 is 11.9 Å². The highest BCUT2D eigenvalue weighted by atomic mass is 16.5. The number of esters is 2. The molecule has 0 saturated heterocycles. The van der Waals surface area contributed by atoms with E-state index in [0.29, 0.717) is 11.5 Å². The average molecular weight is 318 g/mol. The number of carbonyl (C=O) groups is 2. The molecule has 0 amide bonds. The molecule has 0 fully saturated rings. The summed E-state index contributed by atoms with van der Waals surface area (Å²) in [5, 5.41) is 3.83. The zero-order valence-corrected chi connectivity index (χ0v) is 12.8. The van der Waals surface area contributed by atoms with Gasteiger partial charge in [-0.1, -0.05) is 25.3 Å². The molecule has 0 heterocycles. The second-order valence-electron chi connectivity index (χ2n) is 5.12. The number of rotatable bonds is 4. The summed E-state index contributed by atoms with van der Waals surface area (Å²) >= 11 is 0. The van der Waals surface area contributed by atoms with Crippen molar-refractivity contribution in [3.05, 3.63) is 73.8 Å². The first-order valence-electron chi connectivity index (χ1n) is 7.25. The first-order chi connectivity index (χ1) is 11.6. The molecule has 118 valence electrons. The highest BCUT2D eigenvalue weighted by molar-refractivity contribution is 5.99. The minimum atomic E-state index is -0.496. The van der Waals surface area contributed by atoms with Crippen LogP contribution in [-0.2, 0) is 9.59 Å². The van der Waals surface area contributed by atoms with Crippen LogP contribution < -0.4 is 9.47 Å². The summed E-state index contributed by atoms with van der Waals surface area (Å²) < 4.78 is 10.3. The molecule has 0 aliphatic carbocycles. The first kappa shape index (κ1) is 15.5. The third kappa shape index (κ3) is 3.17. The van der Waals surface area contributed by atoms with Gasteiger partial charge in [-0.25, -0.2) is 9.59 Å². The molecule has 0 aliphatic rings. The van der Waals surface area contributed by atoms with Crippen molar-refractivity contribution in [2.75, 3.05) is 0 Å². The summed E-state index contributed by atoms with van der Waals surface area (Å²) in [5.74, 6) is -0.0702. The van der Waals surface area contributed by atoms with Crippen molar-refractivity contribution in [1.29, 1.82) is 0 Å². The second-order valence-corrected chi connectivity index (χ2v) is 5.12. The van der Waals surface area contributed by atoms with Crippen LogP contribution in [-0.4, -0.2) is 11.9 Å². The summed E-state index contributed by atoms with van der Waals surface area (Å²) in [5.41, 5.74) is 0. The van der Waals surface area contributed by atoms with Gasteiger partial charge in [-0.2, -0.15) is 0 Å². The van der Waals surface area contributed by atoms with Gasteiger partial charge in [0.15, 0.2) is 0 Å². The Morgan fingerprint density at radius 1 is 0.667 bits per heavy atom. The summed E-state index contributed by atoms with van der Waals surface area (Å²) in [6.45, 7) is 6.76. The maximum Gasteiger partial charge on any atom is 0.335 e. The van der Waals surface area contributed by atoms with E-state index >= 15 is 0 Å². The van der Waals surface area contributed by atoms with Crippen LogP contribution in [0.3, 0.4) is 0 Å². The Morgan fingerprint density at radius 3 is 1.46 bits per heavy atom. The molecular formula is C20H14O4. The predicted octanol–water partition coefficient (Wildman–Crippen LogP) is 4.18. The van der Waals surface area contributed by atoms with Gasteiger partial charge in [-0.3, -0.25) is 0 Å². The lowest BCUT2D eigenvalue weighted by molar-refractivity contribution is -0.129. The summed E-state index contributed by atoms with van der Waals surface area (Å²) in [6, 6.07) is 14.7. The molecule has 0 aromatic heterocycles. The number of benzene rings is 3. The molecule has 0 aliphatic heterocycles. The smallest absolute Gasteiger partial charge is 0.335 e. The van der Waals surface area contributed by atoms with Gasteiger partial charge in [0.25, 0.3) is 0 Å². The quantitative estimate of drug-likeness (QED) is 0.313. The molecule has 24 heavy (non-hydrogen) atoms. The number of carbonyl (C=O) groups excluding carboxylic acids is 2. The van der Waals surface area contributed by atoms with Gasteiger partial charge in [0, 0.05) is 12.2 Å². The molecule has 3 aromatic rings. The molecule has 0 radical (unpaired) electrons. The van der Waals surface area contributed by atoms with Gasteiger partial charge in [0.1, 0.15) is 11.5 Å². The van der Waals surface area contributed by atoms with Crippen LogP contribution in [0, 0.1) is 0 Å². The van der Waals surface area contributed by atoms with E-state index in [0.717, 1.165) is 33.7 Å². The highest BCUT2D eigenvalue weighted by Gasteiger charge is 2.05. The van der Waals surface area contributed by atoms with E-state index in [-0.39, 0.29) is 0 Å². The molecular weight excluding hydrogens is 304 g/mol. The predicted molar refractivity (Wildman–Crippen MR) is 93.1 cm³/mol. The summed E-state index contributed by atoms with van der Waals surface area (Å²) in [6.07, 6.45) is 2.24. The Balaban J connectivity index is 2.02. The van der Waals surface area contributed by atoms with Gasteiger partial charge < -0.3 is 9.47 Å². The molecule has 0 saturated carbocycles. The first-order valence-corrected chi connectivity index (χ1v) is 7.25. The van der Waals surface area contributed by atoms with Crippen molar-refractivity contribution < 1.29 is 19.1 Å². The Bertz CT molecular complexity index is 904. The Hall–Kier alpha value is -3.40. The summed E-state index contributed by atoms with van der Waals surface area (Å²) in [7, 11) is 0. The molecule has 4 nitrogen and oxygen atoms in total. The molecule has 0 spiro atoms. The van der Waals surface area contributed by atoms with E-state index in [1.54, 1.807) is 24.3 Å². The zero-order chi connectivity index (χ0) is 17.1. The van der Waals surface area contributed by atoms with Gasteiger partial charge in [0.2, 0.25) is 0 Å². The van der Waals surface area contributed by atoms with Gasteiger partial charge in [-0.05, 0) is 57.9 Å². The highest BCUT2D eigenvalue weighted by Crippen LogP contribution is 2.28. The molecule has 0 N–H and O–H groups in total. The fourth-order valence-electron chi connectivity index (χ4n) is 2.40. The largest absolute Gasteiger partial charge is 0.423 e. The number of hydrogen-bond acceptors (Lipinski definition) is 4. The fraction of sp³-hybridized carbons (Fsp3) is 0. The molecule has 0 bridgehead atoms. The molecule has 3 rings (SSSR count). The van der Waals surface area contributed by atoms with E-state index in [9.17, 15) is 9.59 Å². The maximum absolute atomic E-state index is 11.3. The molecule has 0 atom stereocenters. The Labute approximate surface area is 138 Å². The van der Waals surface area contributed by atoms with Crippen LogP contribution in [0.25, 0.3) is 21.5 Å². The van der Waals surface area contributed by atoms with E-state index in [1.165, 1.54) is 0 Å². The topological polar surface area (TPSA) is 52.6 Å². The van der Waals surface area contributed by atoms with Crippen molar-refractivity contribution in [3.8, 4) is 11.5 Å². The van der Waals surface area contributed by atoms with Crippen LogP contribution in [0.2, 0.25) is 0 Å². The van der Waals surface area contributed by atoms with Crippen LogP contribution in [0.4, 0.5) is 0 Å². The van der Waals surface area contributed by atoms with Gasteiger partial charge in [0.05, 0.1) is 0 Å². The molecule has 4 heteroatoms. The maximum atomic E-state index is 11.3. The Morgan fingerprint density at radius 2 is 1.08 bits per heavy atom. The lowest BCUT2D eigenvalue weighted by Gasteiger charge is -2.07. The molecule has 0 unspecified atom stereocenters. The number of hydrogen-bond donors (Lipinski definition) is 0. The zero-order valence-electron chi connectivity index (χ0n) is 12.8. The van der Waals surface area contributed by atoms with E-state index in [1.807, 2.05) is 24.3 Å². The van der Waals surface area contributed by atoms with Crippen molar-refractivity contribution in [3.63, 3.8) is 0 Å². The third-order valence-corrected chi connectivity index (χ3v) is 3.51. The van der Waals surface area contributed by atoms with Crippen molar-refractivity contribution in [1.82, 2.24) is 0 Å². The number of fused-ring (bicyclic) bond motifs is 2. The normalized spacial score (nSPS) is 10.3. The number of ether oxygens (including phenoxy) is 2. The third-order valence-electron chi connectivity index (χ3n) is 3.51. The Kier molecular flexibility index (Phi) is 4.12. The second kappa shape index (κ2) is 6.38. The van der Waals surface area contributed by atoms with Crippen molar-refractivity contribution in [2.24, 2.45) is 0 Å². The van der Waals surface area contributed by atoms with Crippen molar-refractivity contribution in [2.45, 2.75) is 0 Å². The SMILES string of the molecule is C=CC(=O)Oc1ccc2cc3cc(OC(=O)C=C)ccc3cc2c1. The van der Waals surface area contributed by atoms with Gasteiger partial charge >= 0.3 is 11.9 Å². The van der Waals surface area contributed by atoms with Crippen LogP contribution in [0.15, 0.2) is 73.8 Å². The van der Waals surface area contributed by atoms with Gasteiger partial charge in [-0.15, -0.1) is 0 Å². The fourth-order valence-corrected chi connectivity index (χ4v) is 2.40.